The zero-order chi connectivity index (χ0) is 16.9. The molecule has 1 aliphatic heterocycles. The number of hydrogen-bond donors (Lipinski definition) is 3. The van der Waals surface area contributed by atoms with Crippen molar-refractivity contribution in [3.63, 3.8) is 0 Å². The van der Waals surface area contributed by atoms with Crippen molar-refractivity contribution in [1.29, 1.82) is 0 Å². The number of fused-ring (bicyclic) bond motifs is 1. The van der Waals surface area contributed by atoms with Crippen LogP contribution >= 0.6 is 0 Å². The second-order valence-electron chi connectivity index (χ2n) is 7.08. The number of aryl methyl sites for hydroxylation is 1. The highest BCUT2D eigenvalue weighted by Crippen LogP contribution is 2.28. The molecular formula is C19H26N2O3. The molecule has 0 spiro atoms. The van der Waals surface area contributed by atoms with E-state index in [1.54, 1.807) is 0 Å². The van der Waals surface area contributed by atoms with E-state index in [0.29, 0.717) is 12.3 Å². The minimum Gasteiger partial charge on any atom is -0.481 e. The van der Waals surface area contributed by atoms with Gasteiger partial charge in [0.25, 0.3) is 0 Å². The number of benzene rings is 1. The maximum atomic E-state index is 11.6. The van der Waals surface area contributed by atoms with E-state index in [9.17, 15) is 9.59 Å². The number of anilines is 1. The van der Waals surface area contributed by atoms with Crippen LogP contribution in [0.4, 0.5) is 5.69 Å². The van der Waals surface area contributed by atoms with E-state index in [1.165, 1.54) is 11.1 Å². The Balaban J connectivity index is 1.47. The lowest BCUT2D eigenvalue weighted by Crippen LogP contribution is -2.28. The number of nitrogens with one attached hydrogen (secondary N) is 2. The number of amides is 1. The summed E-state index contributed by atoms with van der Waals surface area (Å²) in [6.45, 7) is 1.76. The molecule has 130 valence electrons. The first-order valence-electron chi connectivity index (χ1n) is 8.97. The van der Waals surface area contributed by atoms with Gasteiger partial charge in [0.05, 0.1) is 5.92 Å². The molecule has 5 heteroatoms. The first-order valence-corrected chi connectivity index (χ1v) is 8.97. The molecule has 0 aromatic heterocycles. The van der Waals surface area contributed by atoms with Gasteiger partial charge in [0.1, 0.15) is 0 Å². The molecule has 1 heterocycles. The SMILES string of the molecule is O=C1CCCc2cc(CNCC3CCC(C(=O)O)CC3)ccc2N1. The molecule has 1 fully saturated rings. The van der Waals surface area contributed by atoms with Gasteiger partial charge >= 0.3 is 5.97 Å². The van der Waals surface area contributed by atoms with E-state index in [0.717, 1.165) is 57.3 Å². The monoisotopic (exact) mass is 330 g/mol. The van der Waals surface area contributed by atoms with Crippen LogP contribution in [-0.4, -0.2) is 23.5 Å². The summed E-state index contributed by atoms with van der Waals surface area (Å²) in [6.07, 6.45) is 6.06. The third kappa shape index (κ3) is 4.35. The fourth-order valence-corrected chi connectivity index (χ4v) is 3.77. The van der Waals surface area contributed by atoms with Crippen LogP contribution in [0.2, 0.25) is 0 Å². The standard InChI is InChI=1S/C19H26N2O3/c22-18-3-1-2-16-10-14(6-9-17(16)21-18)12-20-11-13-4-7-15(8-5-13)19(23)24/h6,9-10,13,15,20H,1-5,7-8,11-12H2,(H,21,22)(H,23,24). The van der Waals surface area contributed by atoms with Crippen LogP contribution in [0.3, 0.4) is 0 Å². The summed E-state index contributed by atoms with van der Waals surface area (Å²) in [7, 11) is 0. The maximum Gasteiger partial charge on any atom is 0.306 e. The Morgan fingerprint density at radius 3 is 2.75 bits per heavy atom. The summed E-state index contributed by atoms with van der Waals surface area (Å²) in [4.78, 5) is 22.6. The summed E-state index contributed by atoms with van der Waals surface area (Å²) in [6, 6.07) is 6.27. The minimum atomic E-state index is -0.640. The van der Waals surface area contributed by atoms with Gasteiger partial charge in [-0.2, -0.15) is 0 Å². The van der Waals surface area contributed by atoms with Crippen LogP contribution in [-0.2, 0) is 22.6 Å². The van der Waals surface area contributed by atoms with Gasteiger partial charge in [-0.1, -0.05) is 12.1 Å². The highest BCUT2D eigenvalue weighted by molar-refractivity contribution is 5.92. The second kappa shape index (κ2) is 7.79. The minimum absolute atomic E-state index is 0.108. The lowest BCUT2D eigenvalue weighted by Gasteiger charge is -2.26. The van der Waals surface area contributed by atoms with E-state index in [-0.39, 0.29) is 11.8 Å². The molecule has 1 aromatic carbocycles. The van der Waals surface area contributed by atoms with Crippen molar-refractivity contribution >= 4 is 17.6 Å². The van der Waals surface area contributed by atoms with Gasteiger partial charge in [0.15, 0.2) is 0 Å². The molecule has 0 saturated heterocycles. The fraction of sp³-hybridized carbons (Fsp3) is 0.579. The molecule has 24 heavy (non-hydrogen) atoms. The summed E-state index contributed by atoms with van der Waals surface area (Å²) < 4.78 is 0. The molecule has 1 saturated carbocycles. The van der Waals surface area contributed by atoms with Crippen molar-refractivity contribution in [1.82, 2.24) is 5.32 Å². The summed E-state index contributed by atoms with van der Waals surface area (Å²) in [5, 5.41) is 15.5. The summed E-state index contributed by atoms with van der Waals surface area (Å²) in [5.74, 6) is -0.0863. The van der Waals surface area contributed by atoms with Crippen molar-refractivity contribution in [2.75, 3.05) is 11.9 Å². The van der Waals surface area contributed by atoms with Crippen LogP contribution < -0.4 is 10.6 Å². The van der Waals surface area contributed by atoms with E-state index in [4.69, 9.17) is 5.11 Å². The molecular weight excluding hydrogens is 304 g/mol. The molecule has 2 aliphatic rings. The molecule has 0 bridgehead atoms. The van der Waals surface area contributed by atoms with Crippen molar-refractivity contribution < 1.29 is 14.7 Å². The predicted octanol–water partition coefficient (Wildman–Crippen LogP) is 2.94. The number of hydrogen-bond acceptors (Lipinski definition) is 3. The summed E-state index contributed by atoms with van der Waals surface area (Å²) in [5.41, 5.74) is 3.42. The van der Waals surface area contributed by atoms with Crippen molar-refractivity contribution in [3.05, 3.63) is 29.3 Å². The average Bonchev–Trinajstić information content (AvgIpc) is 2.75. The summed E-state index contributed by atoms with van der Waals surface area (Å²) >= 11 is 0. The Kier molecular flexibility index (Phi) is 5.51. The lowest BCUT2D eigenvalue weighted by molar-refractivity contribution is -0.143. The van der Waals surface area contributed by atoms with E-state index in [2.05, 4.69) is 22.8 Å². The highest BCUT2D eigenvalue weighted by Gasteiger charge is 2.25. The van der Waals surface area contributed by atoms with Crippen molar-refractivity contribution in [3.8, 4) is 0 Å². The van der Waals surface area contributed by atoms with E-state index in [1.807, 2.05) is 6.07 Å². The zero-order valence-electron chi connectivity index (χ0n) is 14.0. The predicted molar refractivity (Wildman–Crippen MR) is 92.8 cm³/mol. The van der Waals surface area contributed by atoms with Gasteiger partial charge in [-0.15, -0.1) is 0 Å². The van der Waals surface area contributed by atoms with Gasteiger partial charge in [0, 0.05) is 18.7 Å². The van der Waals surface area contributed by atoms with E-state index < -0.39 is 5.97 Å². The van der Waals surface area contributed by atoms with Crippen LogP contribution in [0.15, 0.2) is 18.2 Å². The molecule has 0 atom stereocenters. The van der Waals surface area contributed by atoms with Gasteiger partial charge in [-0.3, -0.25) is 9.59 Å². The Morgan fingerprint density at radius 2 is 2.00 bits per heavy atom. The zero-order valence-corrected chi connectivity index (χ0v) is 14.0. The first-order chi connectivity index (χ1) is 11.6. The Hall–Kier alpha value is -1.88. The molecule has 3 rings (SSSR count). The number of carbonyl (C=O) groups is 2. The maximum absolute atomic E-state index is 11.6. The number of carbonyl (C=O) groups excluding carboxylic acids is 1. The van der Waals surface area contributed by atoms with Crippen molar-refractivity contribution in [2.24, 2.45) is 11.8 Å². The highest BCUT2D eigenvalue weighted by atomic mass is 16.4. The van der Waals surface area contributed by atoms with Gasteiger partial charge in [0.2, 0.25) is 5.91 Å². The number of rotatable bonds is 5. The molecule has 3 N–H and O–H groups in total. The third-order valence-corrected chi connectivity index (χ3v) is 5.25. The van der Waals surface area contributed by atoms with Crippen molar-refractivity contribution in [2.45, 2.75) is 51.5 Å². The van der Waals surface area contributed by atoms with Gasteiger partial charge in [-0.05, 0) is 68.2 Å². The molecule has 1 aliphatic carbocycles. The van der Waals surface area contributed by atoms with Gasteiger partial charge < -0.3 is 15.7 Å². The smallest absolute Gasteiger partial charge is 0.306 e. The molecule has 1 amide bonds. The van der Waals surface area contributed by atoms with Crippen LogP contribution in [0.5, 0.6) is 0 Å². The van der Waals surface area contributed by atoms with E-state index >= 15 is 0 Å². The topological polar surface area (TPSA) is 78.4 Å². The Morgan fingerprint density at radius 1 is 1.21 bits per heavy atom. The average molecular weight is 330 g/mol. The molecule has 0 radical (unpaired) electrons. The first kappa shape index (κ1) is 17.0. The number of carboxylic acids is 1. The fourth-order valence-electron chi connectivity index (χ4n) is 3.77. The number of aliphatic carboxylic acids is 1. The quantitative estimate of drug-likeness (QED) is 0.775. The van der Waals surface area contributed by atoms with Crippen LogP contribution in [0.1, 0.15) is 49.7 Å². The number of carboxylic acid groups (broad SMARTS) is 1. The van der Waals surface area contributed by atoms with Crippen LogP contribution in [0, 0.1) is 11.8 Å². The normalized spacial score (nSPS) is 23.9. The molecule has 0 unspecified atom stereocenters. The molecule has 5 nitrogen and oxygen atoms in total. The molecule has 1 aromatic rings. The lowest BCUT2D eigenvalue weighted by atomic mass is 9.82. The third-order valence-electron chi connectivity index (χ3n) is 5.25. The Labute approximate surface area is 142 Å². The largest absolute Gasteiger partial charge is 0.481 e. The van der Waals surface area contributed by atoms with Crippen LogP contribution in [0.25, 0.3) is 0 Å². The van der Waals surface area contributed by atoms with Gasteiger partial charge in [-0.25, -0.2) is 0 Å². The Bertz CT molecular complexity index is 607. The second-order valence-corrected chi connectivity index (χ2v) is 7.08.